The van der Waals surface area contributed by atoms with Gasteiger partial charge in [0.1, 0.15) is 0 Å². The van der Waals surface area contributed by atoms with Crippen LogP contribution in [0.3, 0.4) is 0 Å². The average Bonchev–Trinajstić information content (AvgIpc) is 2.94. The second-order valence-corrected chi connectivity index (χ2v) is 8.30. The molecule has 2 rings (SSSR count). The zero-order valence-corrected chi connectivity index (χ0v) is 15.8. The molecule has 6 nitrogen and oxygen atoms in total. The molecular formula is C15H23Cl2N3O3S. The van der Waals surface area contributed by atoms with E-state index in [0.717, 1.165) is 23.6 Å². The molecule has 1 aromatic carbocycles. The molecule has 0 bridgehead atoms. The molecule has 0 saturated heterocycles. The SMILES string of the molecule is CN(CC(=O)NC1CCCC1CN)S(=O)(=O)c1ccc(Cl)cc1.Cl. The van der Waals surface area contributed by atoms with E-state index < -0.39 is 10.0 Å². The van der Waals surface area contributed by atoms with Crippen molar-refractivity contribution in [3.63, 3.8) is 0 Å². The molecule has 136 valence electrons. The Balaban J connectivity index is 0.00000288. The van der Waals surface area contributed by atoms with Crippen LogP contribution in [0.25, 0.3) is 0 Å². The zero-order valence-electron chi connectivity index (χ0n) is 13.4. The predicted molar refractivity (Wildman–Crippen MR) is 96.8 cm³/mol. The molecule has 3 N–H and O–H groups in total. The van der Waals surface area contributed by atoms with Gasteiger partial charge in [-0.2, -0.15) is 4.31 Å². The molecule has 9 heteroatoms. The van der Waals surface area contributed by atoms with E-state index in [-0.39, 0.29) is 41.7 Å². The van der Waals surface area contributed by atoms with Gasteiger partial charge in [0.15, 0.2) is 0 Å². The lowest BCUT2D eigenvalue weighted by molar-refractivity contribution is -0.122. The van der Waals surface area contributed by atoms with Gasteiger partial charge in [-0.05, 0) is 49.6 Å². The van der Waals surface area contributed by atoms with E-state index in [9.17, 15) is 13.2 Å². The molecule has 1 fully saturated rings. The van der Waals surface area contributed by atoms with E-state index in [1.165, 1.54) is 31.3 Å². The first kappa shape index (κ1) is 21.2. The Morgan fingerprint density at radius 2 is 1.96 bits per heavy atom. The van der Waals surface area contributed by atoms with Gasteiger partial charge in [0.2, 0.25) is 15.9 Å². The maximum Gasteiger partial charge on any atom is 0.243 e. The number of halogens is 2. The Labute approximate surface area is 154 Å². The van der Waals surface area contributed by atoms with Gasteiger partial charge < -0.3 is 11.1 Å². The summed E-state index contributed by atoms with van der Waals surface area (Å²) < 4.78 is 25.9. The Kier molecular flexibility index (Phi) is 7.95. The molecule has 0 heterocycles. The van der Waals surface area contributed by atoms with Gasteiger partial charge in [0.05, 0.1) is 11.4 Å². The number of nitrogens with one attached hydrogen (secondary N) is 1. The van der Waals surface area contributed by atoms with Crippen LogP contribution in [-0.2, 0) is 14.8 Å². The van der Waals surface area contributed by atoms with E-state index in [4.69, 9.17) is 17.3 Å². The van der Waals surface area contributed by atoms with Crippen LogP contribution in [-0.4, -0.2) is 44.8 Å². The quantitative estimate of drug-likeness (QED) is 0.765. The summed E-state index contributed by atoms with van der Waals surface area (Å²) in [6, 6.07) is 5.90. The molecule has 0 aromatic heterocycles. The molecule has 0 radical (unpaired) electrons. The van der Waals surface area contributed by atoms with E-state index in [1.54, 1.807) is 0 Å². The van der Waals surface area contributed by atoms with Gasteiger partial charge in [0, 0.05) is 18.1 Å². The number of benzene rings is 1. The molecule has 1 amide bonds. The predicted octanol–water partition coefficient (Wildman–Crippen LogP) is 1.63. The second-order valence-electron chi connectivity index (χ2n) is 5.82. The number of nitrogens with zero attached hydrogens (tertiary/aromatic N) is 1. The Morgan fingerprint density at radius 3 is 2.54 bits per heavy atom. The topological polar surface area (TPSA) is 92.5 Å². The molecule has 0 spiro atoms. The molecule has 1 aromatic rings. The molecule has 24 heavy (non-hydrogen) atoms. The van der Waals surface area contributed by atoms with Crippen molar-refractivity contribution in [2.45, 2.75) is 30.2 Å². The second kappa shape index (κ2) is 9.01. The summed E-state index contributed by atoms with van der Waals surface area (Å²) in [5.74, 6) is -0.0347. The molecule has 1 saturated carbocycles. The summed E-state index contributed by atoms with van der Waals surface area (Å²) in [6.45, 7) is 0.308. The summed E-state index contributed by atoms with van der Waals surface area (Å²) in [5, 5.41) is 3.35. The maximum atomic E-state index is 12.4. The number of likely N-dealkylation sites (N-methyl/N-ethyl adjacent to an activating group) is 1. The van der Waals surface area contributed by atoms with Crippen LogP contribution in [0.1, 0.15) is 19.3 Å². The number of nitrogens with two attached hydrogens (primary N) is 1. The highest BCUT2D eigenvalue weighted by Gasteiger charge is 2.29. The first-order valence-corrected chi connectivity index (χ1v) is 9.37. The first-order chi connectivity index (χ1) is 10.8. The third-order valence-corrected chi connectivity index (χ3v) is 6.27. The number of sulfonamides is 1. The largest absolute Gasteiger partial charge is 0.352 e. The molecular weight excluding hydrogens is 373 g/mol. The van der Waals surface area contributed by atoms with Gasteiger partial charge in [-0.15, -0.1) is 12.4 Å². The minimum atomic E-state index is -3.71. The lowest BCUT2D eigenvalue weighted by Gasteiger charge is -2.22. The van der Waals surface area contributed by atoms with Gasteiger partial charge in [-0.25, -0.2) is 8.42 Å². The summed E-state index contributed by atoms with van der Waals surface area (Å²) >= 11 is 5.77. The average molecular weight is 396 g/mol. The third kappa shape index (κ3) is 5.07. The van der Waals surface area contributed by atoms with Crippen LogP contribution < -0.4 is 11.1 Å². The van der Waals surface area contributed by atoms with Gasteiger partial charge in [-0.1, -0.05) is 18.0 Å². The molecule has 1 aliphatic carbocycles. The van der Waals surface area contributed by atoms with E-state index >= 15 is 0 Å². The van der Waals surface area contributed by atoms with Crippen molar-refractivity contribution < 1.29 is 13.2 Å². The molecule has 0 aliphatic heterocycles. The Hall–Kier alpha value is -0.860. The van der Waals surface area contributed by atoms with Crippen molar-refractivity contribution in [3.05, 3.63) is 29.3 Å². The number of carbonyl (C=O) groups is 1. The van der Waals surface area contributed by atoms with E-state index in [2.05, 4.69) is 5.32 Å². The van der Waals surface area contributed by atoms with E-state index in [1.807, 2.05) is 0 Å². The smallest absolute Gasteiger partial charge is 0.243 e. The number of amides is 1. The Bertz CT molecular complexity index is 652. The minimum Gasteiger partial charge on any atom is -0.352 e. The van der Waals surface area contributed by atoms with Crippen LogP contribution in [0.15, 0.2) is 29.2 Å². The fraction of sp³-hybridized carbons (Fsp3) is 0.533. The normalized spacial score (nSPS) is 20.7. The number of hydrogen-bond donors (Lipinski definition) is 2. The van der Waals surface area contributed by atoms with Crippen molar-refractivity contribution >= 4 is 39.9 Å². The molecule has 2 atom stereocenters. The van der Waals surface area contributed by atoms with Crippen molar-refractivity contribution in [2.24, 2.45) is 11.7 Å². The fourth-order valence-electron chi connectivity index (χ4n) is 2.84. The van der Waals surface area contributed by atoms with Gasteiger partial charge in [0.25, 0.3) is 0 Å². The highest BCUT2D eigenvalue weighted by Crippen LogP contribution is 2.24. The number of carbonyl (C=O) groups excluding carboxylic acids is 1. The summed E-state index contributed by atoms with van der Waals surface area (Å²) in [5.41, 5.74) is 5.69. The minimum absolute atomic E-state index is 0. The number of rotatable bonds is 6. The molecule has 2 unspecified atom stereocenters. The standard InChI is InChI=1S/C15H22ClN3O3S.ClH/c1-19(23(21,22)13-7-5-12(16)6-8-13)10-15(20)18-14-4-2-3-11(14)9-17;/h5-8,11,14H,2-4,9-10,17H2,1H3,(H,18,20);1H. The monoisotopic (exact) mass is 395 g/mol. The maximum absolute atomic E-state index is 12.4. The van der Waals surface area contributed by atoms with Crippen molar-refractivity contribution in [1.29, 1.82) is 0 Å². The lowest BCUT2D eigenvalue weighted by atomic mass is 10.0. The summed E-state index contributed by atoms with van der Waals surface area (Å²) in [4.78, 5) is 12.2. The first-order valence-electron chi connectivity index (χ1n) is 7.56. The van der Waals surface area contributed by atoms with Crippen LogP contribution in [0.2, 0.25) is 5.02 Å². The van der Waals surface area contributed by atoms with Crippen LogP contribution in [0.5, 0.6) is 0 Å². The third-order valence-electron chi connectivity index (χ3n) is 4.20. The van der Waals surface area contributed by atoms with Crippen LogP contribution >= 0.6 is 24.0 Å². The van der Waals surface area contributed by atoms with Crippen molar-refractivity contribution in [1.82, 2.24) is 9.62 Å². The highest BCUT2D eigenvalue weighted by atomic mass is 35.5. The van der Waals surface area contributed by atoms with Gasteiger partial charge >= 0.3 is 0 Å². The summed E-state index contributed by atoms with van der Waals surface area (Å²) in [7, 11) is -2.33. The van der Waals surface area contributed by atoms with Crippen LogP contribution in [0, 0.1) is 5.92 Å². The highest BCUT2D eigenvalue weighted by molar-refractivity contribution is 7.89. The van der Waals surface area contributed by atoms with Crippen LogP contribution in [0.4, 0.5) is 0 Å². The Morgan fingerprint density at radius 1 is 1.33 bits per heavy atom. The van der Waals surface area contributed by atoms with E-state index in [0.29, 0.717) is 11.6 Å². The lowest BCUT2D eigenvalue weighted by Crippen LogP contribution is -2.45. The van der Waals surface area contributed by atoms with Crippen molar-refractivity contribution in [3.8, 4) is 0 Å². The van der Waals surface area contributed by atoms with Crippen molar-refractivity contribution in [2.75, 3.05) is 20.1 Å². The van der Waals surface area contributed by atoms with Gasteiger partial charge in [-0.3, -0.25) is 4.79 Å². The number of hydrogen-bond acceptors (Lipinski definition) is 4. The zero-order chi connectivity index (χ0) is 17.0. The summed E-state index contributed by atoms with van der Waals surface area (Å²) in [6.07, 6.45) is 2.92. The fourth-order valence-corrected chi connectivity index (χ4v) is 4.09. The molecule has 1 aliphatic rings.